The smallest absolute Gasteiger partial charge is 0.337 e. The highest BCUT2D eigenvalue weighted by molar-refractivity contribution is 7.19. The summed E-state index contributed by atoms with van der Waals surface area (Å²) in [5, 5.41) is 5.50. The third-order valence-corrected chi connectivity index (χ3v) is 7.77. The monoisotopic (exact) mass is 436 g/mol. The Bertz CT molecular complexity index is 1120. The van der Waals surface area contributed by atoms with E-state index in [9.17, 15) is 4.79 Å². The molecule has 0 saturated heterocycles. The van der Waals surface area contributed by atoms with Crippen molar-refractivity contribution in [2.45, 2.75) is 46.5 Å². The van der Waals surface area contributed by atoms with Crippen LogP contribution in [0.2, 0.25) is 0 Å². The molecule has 0 spiro atoms. The molecular formula is C24H28N4O2S. The summed E-state index contributed by atoms with van der Waals surface area (Å²) < 4.78 is 4.73. The van der Waals surface area contributed by atoms with Gasteiger partial charge in [-0.25, -0.2) is 14.8 Å². The Morgan fingerprint density at radius 1 is 1.32 bits per heavy atom. The standard InChI is InChI=1S/C24H28N4O2S/c1-5-24(2,3)17-10-11-19-18(12-17)20-21(25-14-26-22(20)31-19)28-27-13-15-6-8-16(9-7-15)23(29)30-4/h6-9,13-14,17H,5,10-12H2,1-4H3,(H,25,26,28). The Kier molecular flexibility index (Phi) is 6.05. The van der Waals surface area contributed by atoms with Crippen molar-refractivity contribution in [1.82, 2.24) is 9.97 Å². The predicted molar refractivity (Wildman–Crippen MR) is 126 cm³/mol. The highest BCUT2D eigenvalue weighted by atomic mass is 32.1. The van der Waals surface area contributed by atoms with Crippen LogP contribution in [0.1, 0.15) is 60.0 Å². The van der Waals surface area contributed by atoms with Gasteiger partial charge in [-0.05, 0) is 53.9 Å². The lowest BCUT2D eigenvalue weighted by Crippen LogP contribution is -2.28. The Labute approximate surface area is 186 Å². The fourth-order valence-corrected chi connectivity index (χ4v) is 5.32. The van der Waals surface area contributed by atoms with Crippen LogP contribution >= 0.6 is 11.3 Å². The van der Waals surface area contributed by atoms with Crippen LogP contribution in [-0.2, 0) is 17.6 Å². The van der Waals surface area contributed by atoms with Crippen LogP contribution in [0, 0.1) is 11.3 Å². The average molecular weight is 437 g/mol. The van der Waals surface area contributed by atoms with Gasteiger partial charge in [0.25, 0.3) is 0 Å². The van der Waals surface area contributed by atoms with Crippen LogP contribution in [0.25, 0.3) is 10.2 Å². The van der Waals surface area contributed by atoms with Crippen molar-refractivity contribution in [2.75, 3.05) is 12.5 Å². The number of hydrogen-bond acceptors (Lipinski definition) is 7. The van der Waals surface area contributed by atoms with E-state index in [-0.39, 0.29) is 5.97 Å². The first-order chi connectivity index (χ1) is 14.9. The van der Waals surface area contributed by atoms with E-state index >= 15 is 0 Å². The molecular weight excluding hydrogens is 408 g/mol. The largest absolute Gasteiger partial charge is 0.465 e. The van der Waals surface area contributed by atoms with Crippen LogP contribution in [0.3, 0.4) is 0 Å². The summed E-state index contributed by atoms with van der Waals surface area (Å²) in [4.78, 5) is 23.0. The first kappa shape index (κ1) is 21.4. The van der Waals surface area contributed by atoms with E-state index in [1.807, 2.05) is 12.1 Å². The summed E-state index contributed by atoms with van der Waals surface area (Å²) >= 11 is 1.78. The van der Waals surface area contributed by atoms with E-state index in [1.165, 1.54) is 30.4 Å². The average Bonchev–Trinajstić information content (AvgIpc) is 3.17. The molecule has 0 aliphatic heterocycles. The number of carbonyl (C=O) groups excluding carboxylic acids is 1. The molecule has 1 atom stereocenters. The Morgan fingerprint density at radius 2 is 2.10 bits per heavy atom. The fourth-order valence-electron chi connectivity index (χ4n) is 4.14. The molecule has 1 aliphatic carbocycles. The summed E-state index contributed by atoms with van der Waals surface area (Å²) in [6.07, 6.45) is 7.90. The number of thiophene rings is 1. The Morgan fingerprint density at radius 3 is 2.81 bits per heavy atom. The topological polar surface area (TPSA) is 76.5 Å². The molecule has 162 valence electrons. The minimum atomic E-state index is -0.350. The lowest BCUT2D eigenvalue weighted by atomic mass is 9.69. The molecule has 2 aromatic heterocycles. The maximum absolute atomic E-state index is 11.6. The molecule has 1 N–H and O–H groups in total. The quantitative estimate of drug-likeness (QED) is 0.315. The molecule has 2 heterocycles. The van der Waals surface area contributed by atoms with E-state index in [4.69, 9.17) is 4.74 Å². The van der Waals surface area contributed by atoms with Gasteiger partial charge in [0.2, 0.25) is 0 Å². The Hall–Kier alpha value is -2.80. The molecule has 0 bridgehead atoms. The molecule has 1 aromatic carbocycles. The van der Waals surface area contributed by atoms with Crippen molar-refractivity contribution in [3.63, 3.8) is 0 Å². The number of hydrogen-bond donors (Lipinski definition) is 1. The molecule has 0 radical (unpaired) electrons. The van der Waals surface area contributed by atoms with Gasteiger partial charge in [0.05, 0.1) is 24.3 Å². The maximum Gasteiger partial charge on any atom is 0.337 e. The SMILES string of the molecule is CCC(C)(C)C1CCc2sc3ncnc(NN=Cc4ccc(C(=O)OC)cc4)c3c2C1. The summed E-state index contributed by atoms with van der Waals surface area (Å²) in [6.45, 7) is 7.04. The fraction of sp³-hybridized carbons (Fsp3) is 0.417. The Balaban J connectivity index is 1.57. The minimum absolute atomic E-state index is 0.323. The number of ether oxygens (including phenoxy) is 1. The highest BCUT2D eigenvalue weighted by Crippen LogP contribution is 2.45. The van der Waals surface area contributed by atoms with E-state index in [0.717, 1.165) is 34.4 Å². The molecule has 0 amide bonds. The number of anilines is 1. The second-order valence-electron chi connectivity index (χ2n) is 8.67. The summed E-state index contributed by atoms with van der Waals surface area (Å²) in [5.41, 5.74) is 6.22. The normalized spacial score (nSPS) is 16.5. The summed E-state index contributed by atoms with van der Waals surface area (Å²) in [6, 6.07) is 7.11. The number of esters is 1. The van der Waals surface area contributed by atoms with Crippen molar-refractivity contribution >= 4 is 39.6 Å². The van der Waals surface area contributed by atoms with Crippen molar-refractivity contribution in [2.24, 2.45) is 16.4 Å². The molecule has 1 aliphatic rings. The minimum Gasteiger partial charge on any atom is -0.465 e. The van der Waals surface area contributed by atoms with E-state index in [2.05, 4.69) is 41.3 Å². The van der Waals surface area contributed by atoms with Gasteiger partial charge in [-0.15, -0.1) is 11.3 Å². The van der Waals surface area contributed by atoms with Gasteiger partial charge in [0.15, 0.2) is 5.82 Å². The zero-order valence-corrected chi connectivity index (χ0v) is 19.3. The summed E-state index contributed by atoms with van der Waals surface area (Å²) in [5.74, 6) is 1.06. The predicted octanol–water partition coefficient (Wildman–Crippen LogP) is 5.47. The number of rotatable bonds is 6. The van der Waals surface area contributed by atoms with E-state index < -0.39 is 0 Å². The van der Waals surface area contributed by atoms with Crippen molar-refractivity contribution in [3.05, 3.63) is 52.2 Å². The molecule has 4 rings (SSSR count). The molecule has 1 unspecified atom stereocenters. The number of aryl methyl sites for hydroxylation is 1. The number of aromatic nitrogens is 2. The van der Waals surface area contributed by atoms with E-state index in [1.54, 1.807) is 36.0 Å². The van der Waals surface area contributed by atoms with Gasteiger partial charge in [-0.2, -0.15) is 5.10 Å². The lowest BCUT2D eigenvalue weighted by Gasteiger charge is -2.36. The van der Waals surface area contributed by atoms with Gasteiger partial charge < -0.3 is 4.74 Å². The lowest BCUT2D eigenvalue weighted by molar-refractivity contribution is 0.0600. The number of nitrogens with one attached hydrogen (secondary N) is 1. The second kappa shape index (κ2) is 8.75. The van der Waals surface area contributed by atoms with Gasteiger partial charge in [0, 0.05) is 4.88 Å². The number of methoxy groups -OCH3 is 1. The first-order valence-electron chi connectivity index (χ1n) is 10.7. The molecule has 3 aromatic rings. The zero-order valence-electron chi connectivity index (χ0n) is 18.4. The molecule has 6 nitrogen and oxygen atoms in total. The van der Waals surface area contributed by atoms with Crippen LogP contribution in [-0.4, -0.2) is 29.3 Å². The molecule has 0 fully saturated rings. The first-order valence-corrected chi connectivity index (χ1v) is 11.5. The number of fused-ring (bicyclic) bond motifs is 3. The molecule has 31 heavy (non-hydrogen) atoms. The maximum atomic E-state index is 11.6. The van der Waals surface area contributed by atoms with Crippen molar-refractivity contribution in [3.8, 4) is 0 Å². The van der Waals surface area contributed by atoms with Crippen LogP contribution in [0.4, 0.5) is 5.82 Å². The van der Waals surface area contributed by atoms with E-state index in [0.29, 0.717) is 16.9 Å². The van der Waals surface area contributed by atoms with Crippen LogP contribution in [0.15, 0.2) is 35.7 Å². The second-order valence-corrected chi connectivity index (χ2v) is 9.76. The van der Waals surface area contributed by atoms with Crippen molar-refractivity contribution < 1.29 is 9.53 Å². The third kappa shape index (κ3) is 4.32. The van der Waals surface area contributed by atoms with Crippen LogP contribution < -0.4 is 5.43 Å². The van der Waals surface area contributed by atoms with Gasteiger partial charge >= 0.3 is 5.97 Å². The number of carbonyl (C=O) groups is 1. The van der Waals surface area contributed by atoms with Gasteiger partial charge in [0.1, 0.15) is 11.2 Å². The number of hydrazone groups is 1. The number of nitrogens with zero attached hydrogens (tertiary/aromatic N) is 3. The van der Waals surface area contributed by atoms with Crippen LogP contribution in [0.5, 0.6) is 0 Å². The highest BCUT2D eigenvalue weighted by Gasteiger charge is 2.33. The van der Waals surface area contributed by atoms with Crippen molar-refractivity contribution in [1.29, 1.82) is 0 Å². The zero-order chi connectivity index (χ0) is 22.0. The third-order valence-electron chi connectivity index (χ3n) is 6.57. The van der Waals surface area contributed by atoms with Gasteiger partial charge in [-0.3, -0.25) is 5.43 Å². The summed E-state index contributed by atoms with van der Waals surface area (Å²) in [7, 11) is 1.37. The number of benzene rings is 1. The van der Waals surface area contributed by atoms with Gasteiger partial charge in [-0.1, -0.05) is 39.3 Å². The molecule has 0 saturated carbocycles. The molecule has 7 heteroatoms.